The summed E-state index contributed by atoms with van der Waals surface area (Å²) in [6, 6.07) is 0. The first-order valence-corrected chi connectivity index (χ1v) is 22.2. The van der Waals surface area contributed by atoms with E-state index in [1.807, 2.05) is 20.8 Å². The molecule has 1 aliphatic carbocycles. The van der Waals surface area contributed by atoms with Crippen LogP contribution < -0.4 is 0 Å². The van der Waals surface area contributed by atoms with Crippen LogP contribution in [0.25, 0.3) is 0 Å². The Labute approximate surface area is 338 Å². The predicted octanol–water partition coefficient (Wildman–Crippen LogP) is 9.47. The first-order chi connectivity index (χ1) is 26.4. The van der Waals surface area contributed by atoms with Crippen molar-refractivity contribution in [3.63, 3.8) is 0 Å². The number of rotatable bonds is 32. The normalized spacial score (nSPS) is 25.2. The van der Waals surface area contributed by atoms with Crippen molar-refractivity contribution in [2.45, 2.75) is 217 Å². The Morgan fingerprint density at radius 1 is 0.818 bits per heavy atom. The molecule has 1 saturated carbocycles. The Bertz CT molecular complexity index is 1110. The van der Waals surface area contributed by atoms with E-state index in [1.54, 1.807) is 7.11 Å². The van der Waals surface area contributed by atoms with Crippen LogP contribution >= 0.6 is 11.6 Å². The number of carbonyl (C=O) groups excluding carboxylic acids is 3. The van der Waals surface area contributed by atoms with Crippen LogP contribution in [0.15, 0.2) is 11.6 Å². The zero-order valence-electron chi connectivity index (χ0n) is 35.1. The third kappa shape index (κ3) is 19.1. The van der Waals surface area contributed by atoms with Crippen molar-refractivity contribution in [3.8, 4) is 0 Å². The van der Waals surface area contributed by atoms with Crippen LogP contribution in [-0.4, -0.2) is 89.9 Å². The van der Waals surface area contributed by atoms with E-state index in [-0.39, 0.29) is 43.4 Å². The fourth-order valence-electron chi connectivity index (χ4n) is 8.04. The number of methoxy groups -OCH3 is 1. The van der Waals surface area contributed by atoms with Crippen LogP contribution in [0.2, 0.25) is 0 Å². The molecule has 11 heteroatoms. The third-order valence-corrected chi connectivity index (χ3v) is 11.9. The van der Waals surface area contributed by atoms with Crippen molar-refractivity contribution in [2.75, 3.05) is 26.2 Å². The maximum Gasteiger partial charge on any atom is 0.306 e. The molecule has 7 atom stereocenters. The Morgan fingerprint density at radius 2 is 1.33 bits per heavy atom. The summed E-state index contributed by atoms with van der Waals surface area (Å²) in [5.74, 6) is -1.53. The van der Waals surface area contributed by atoms with E-state index in [9.17, 15) is 24.6 Å². The maximum absolute atomic E-state index is 12.9. The average molecular weight is 802 g/mol. The summed E-state index contributed by atoms with van der Waals surface area (Å²) in [6.07, 6.45) is 22.5. The molecule has 0 amide bonds. The van der Waals surface area contributed by atoms with Crippen molar-refractivity contribution in [2.24, 2.45) is 5.92 Å². The number of halogens is 1. The molecule has 1 aliphatic heterocycles. The molecule has 0 aromatic heterocycles. The van der Waals surface area contributed by atoms with Gasteiger partial charge in [-0.1, -0.05) is 115 Å². The molecule has 2 rings (SSSR count). The minimum atomic E-state index is -1.20. The number of alkyl halides is 1. The van der Waals surface area contributed by atoms with Crippen LogP contribution in [-0.2, 0) is 38.1 Å². The summed E-state index contributed by atoms with van der Waals surface area (Å²) in [7, 11) is 1.57. The summed E-state index contributed by atoms with van der Waals surface area (Å²) >= 11 is 6.30. The van der Waals surface area contributed by atoms with Crippen LogP contribution in [0.5, 0.6) is 0 Å². The van der Waals surface area contributed by atoms with E-state index < -0.39 is 48.0 Å². The van der Waals surface area contributed by atoms with Crippen LogP contribution in [0.1, 0.15) is 182 Å². The highest BCUT2D eigenvalue weighted by atomic mass is 35.5. The van der Waals surface area contributed by atoms with Gasteiger partial charge in [0.15, 0.2) is 6.10 Å². The van der Waals surface area contributed by atoms with Crippen molar-refractivity contribution in [1.29, 1.82) is 0 Å². The van der Waals surface area contributed by atoms with Crippen LogP contribution in [0, 0.1) is 5.92 Å². The van der Waals surface area contributed by atoms with Gasteiger partial charge in [0.05, 0.1) is 30.1 Å². The molecule has 2 N–H and O–H groups in total. The lowest BCUT2D eigenvalue weighted by Gasteiger charge is -2.48. The van der Waals surface area contributed by atoms with Gasteiger partial charge in [-0.25, -0.2) is 0 Å². The number of epoxide rings is 1. The van der Waals surface area contributed by atoms with Crippen LogP contribution in [0.4, 0.5) is 0 Å². The van der Waals surface area contributed by atoms with Gasteiger partial charge in [-0.15, -0.1) is 11.6 Å². The Morgan fingerprint density at radius 3 is 1.82 bits per heavy atom. The topological polar surface area (TPSA) is 141 Å². The smallest absolute Gasteiger partial charge is 0.306 e. The minimum Gasteiger partial charge on any atom is -0.462 e. The standard InChI is InChI=1S/C44H77ClO10/c1-6-7-8-9-10-11-12-13-14-15-16-17-18-21-24-38(47)52-32-35(31-46)53-39(48)25-22-19-20-23-26-40(49)54-36-29-30-44(50,33-45)42(41(36)51-5)43(4)37(55-43)28-27-34(2)3/h27,35-37,41-42,46,50H,6-26,28-33H2,1-5H3/t35-,36+,37?,41+,42+,43-,44-/m0/s1. The highest BCUT2D eigenvalue weighted by molar-refractivity contribution is 6.18. The first-order valence-electron chi connectivity index (χ1n) is 21.7. The van der Waals surface area contributed by atoms with Crippen molar-refractivity contribution in [1.82, 2.24) is 0 Å². The lowest BCUT2D eigenvalue weighted by atomic mass is 9.66. The number of aliphatic hydroxyl groups excluding tert-OH is 1. The molecular formula is C44H77ClO10. The second-order valence-corrected chi connectivity index (χ2v) is 16.8. The monoisotopic (exact) mass is 801 g/mol. The molecule has 1 unspecified atom stereocenters. The molecule has 0 aromatic rings. The van der Waals surface area contributed by atoms with Crippen LogP contribution in [0.3, 0.4) is 0 Å². The van der Waals surface area contributed by atoms with E-state index in [1.165, 1.54) is 76.2 Å². The second kappa shape index (κ2) is 27.8. The molecule has 1 saturated heterocycles. The highest BCUT2D eigenvalue weighted by Gasteiger charge is 2.67. The fraction of sp³-hybridized carbons (Fsp3) is 0.886. The molecule has 2 aliphatic rings. The van der Waals surface area contributed by atoms with E-state index >= 15 is 0 Å². The van der Waals surface area contributed by atoms with Gasteiger partial charge in [0.1, 0.15) is 24.4 Å². The lowest BCUT2D eigenvalue weighted by Crippen LogP contribution is -2.61. The number of allylic oxidation sites excluding steroid dienone is 1. The van der Waals surface area contributed by atoms with Gasteiger partial charge in [-0.3, -0.25) is 14.4 Å². The fourth-order valence-corrected chi connectivity index (χ4v) is 8.34. The number of hydrogen-bond donors (Lipinski definition) is 2. The van der Waals surface area contributed by atoms with Crippen molar-refractivity contribution >= 4 is 29.5 Å². The molecule has 0 aromatic carbocycles. The second-order valence-electron chi connectivity index (χ2n) is 16.5. The average Bonchev–Trinajstić information content (AvgIpc) is 3.83. The van der Waals surface area contributed by atoms with E-state index in [4.69, 9.17) is 35.3 Å². The third-order valence-electron chi connectivity index (χ3n) is 11.4. The Hall–Kier alpha value is -1.72. The molecular weight excluding hydrogens is 724 g/mol. The first kappa shape index (κ1) is 49.4. The van der Waals surface area contributed by atoms with Gasteiger partial charge < -0.3 is 33.9 Å². The number of unbranched alkanes of at least 4 members (excludes halogenated alkanes) is 16. The van der Waals surface area contributed by atoms with E-state index in [0.717, 1.165) is 38.5 Å². The highest BCUT2D eigenvalue weighted by Crippen LogP contribution is 2.55. The van der Waals surface area contributed by atoms with Gasteiger partial charge in [0.2, 0.25) is 0 Å². The molecule has 10 nitrogen and oxygen atoms in total. The zero-order valence-corrected chi connectivity index (χ0v) is 35.9. The summed E-state index contributed by atoms with van der Waals surface area (Å²) in [4.78, 5) is 37.4. The van der Waals surface area contributed by atoms with Gasteiger partial charge in [0.25, 0.3) is 0 Å². The summed E-state index contributed by atoms with van der Waals surface area (Å²) in [5.41, 5.74) is -0.650. The number of esters is 3. The zero-order chi connectivity index (χ0) is 40.5. The molecule has 2 fully saturated rings. The largest absolute Gasteiger partial charge is 0.462 e. The summed E-state index contributed by atoms with van der Waals surface area (Å²) < 4.78 is 28.5. The maximum atomic E-state index is 12.9. The molecule has 1 heterocycles. The van der Waals surface area contributed by atoms with Crippen molar-refractivity contribution < 1.29 is 48.3 Å². The lowest BCUT2D eigenvalue weighted by molar-refractivity contribution is -0.192. The summed E-state index contributed by atoms with van der Waals surface area (Å²) in [5, 5.41) is 21.2. The Kier molecular flexibility index (Phi) is 25.0. The number of carbonyl (C=O) groups is 3. The SMILES string of the molecule is CCCCCCCCCCCCCCCCC(=O)OC[C@H](CO)OC(=O)CCCCCCC(=O)O[C@@H]1CC[C@](O)(CCl)[C@@H]([C@@]2(C)OC2CC=C(C)C)[C@@H]1OC. The quantitative estimate of drug-likeness (QED) is 0.0169. The van der Waals surface area contributed by atoms with E-state index in [2.05, 4.69) is 13.0 Å². The molecule has 0 bridgehead atoms. The Balaban J connectivity index is 1.54. The number of ether oxygens (including phenoxy) is 5. The van der Waals surface area contributed by atoms with Gasteiger partial charge in [-0.2, -0.15) is 0 Å². The van der Waals surface area contributed by atoms with E-state index in [0.29, 0.717) is 32.1 Å². The molecule has 320 valence electrons. The number of aliphatic hydroxyl groups is 2. The van der Waals surface area contributed by atoms with Gasteiger partial charge in [-0.05, 0) is 59.3 Å². The number of hydrogen-bond acceptors (Lipinski definition) is 10. The predicted molar refractivity (Wildman–Crippen MR) is 217 cm³/mol. The summed E-state index contributed by atoms with van der Waals surface area (Å²) in [6.45, 7) is 7.74. The van der Waals surface area contributed by atoms with Crippen molar-refractivity contribution in [3.05, 3.63) is 11.6 Å². The van der Waals surface area contributed by atoms with Gasteiger partial charge >= 0.3 is 17.9 Å². The molecule has 55 heavy (non-hydrogen) atoms. The minimum absolute atomic E-state index is 0.0355. The van der Waals surface area contributed by atoms with Gasteiger partial charge in [0, 0.05) is 26.4 Å². The molecule has 0 radical (unpaired) electrons. The molecule has 0 spiro atoms.